The van der Waals surface area contributed by atoms with Crippen LogP contribution in [-0.4, -0.2) is 57.8 Å². The predicted molar refractivity (Wildman–Crippen MR) is 115 cm³/mol. The van der Waals surface area contributed by atoms with E-state index in [1.54, 1.807) is 0 Å². The number of nitrogens with zero attached hydrogens (tertiary/aromatic N) is 4. The molecule has 1 aliphatic heterocycles. The molecule has 1 fully saturated rings. The predicted octanol–water partition coefficient (Wildman–Crippen LogP) is 2.98. The van der Waals surface area contributed by atoms with Gasteiger partial charge in [0.15, 0.2) is 0 Å². The van der Waals surface area contributed by atoms with E-state index in [4.69, 9.17) is 11.6 Å². The second-order valence-corrected chi connectivity index (χ2v) is 7.97. The lowest BCUT2D eigenvalue weighted by Gasteiger charge is -2.34. The van der Waals surface area contributed by atoms with E-state index < -0.39 is 0 Å². The summed E-state index contributed by atoms with van der Waals surface area (Å²) in [4.78, 5) is 21.7. The number of hydrogen-bond acceptors (Lipinski definition) is 4. The zero-order valence-electron chi connectivity index (χ0n) is 16.6. The average molecular weight is 412 g/mol. The fourth-order valence-corrected chi connectivity index (χ4v) is 4.09. The molecule has 152 valence electrons. The molecule has 1 unspecified atom stereocenters. The summed E-state index contributed by atoms with van der Waals surface area (Å²) in [6.45, 7) is 6.83. The molecule has 1 N–H and O–H groups in total. The minimum Gasteiger partial charge on any atom is -0.348 e. The minimum atomic E-state index is -0.104. The fourth-order valence-electron chi connectivity index (χ4n) is 3.79. The van der Waals surface area contributed by atoms with Crippen molar-refractivity contribution in [2.45, 2.75) is 19.5 Å². The molecular formula is C22H26ClN5O. The number of amides is 1. The summed E-state index contributed by atoms with van der Waals surface area (Å²) >= 11 is 6.23. The lowest BCUT2D eigenvalue weighted by atomic mass is 10.1. The Morgan fingerprint density at radius 2 is 1.83 bits per heavy atom. The van der Waals surface area contributed by atoms with Crippen LogP contribution in [-0.2, 0) is 11.3 Å². The van der Waals surface area contributed by atoms with Gasteiger partial charge in [0.1, 0.15) is 5.65 Å². The van der Waals surface area contributed by atoms with Gasteiger partial charge in [0.05, 0.1) is 18.3 Å². The van der Waals surface area contributed by atoms with Gasteiger partial charge in [-0.25, -0.2) is 4.98 Å². The molecule has 0 spiro atoms. The van der Waals surface area contributed by atoms with Crippen LogP contribution >= 0.6 is 11.6 Å². The van der Waals surface area contributed by atoms with E-state index in [-0.39, 0.29) is 11.9 Å². The summed E-state index contributed by atoms with van der Waals surface area (Å²) in [6.07, 6.45) is 4.11. The van der Waals surface area contributed by atoms with Gasteiger partial charge < -0.3 is 9.72 Å². The highest BCUT2D eigenvalue weighted by Crippen LogP contribution is 2.22. The van der Waals surface area contributed by atoms with E-state index >= 15 is 0 Å². The summed E-state index contributed by atoms with van der Waals surface area (Å²) in [7, 11) is 0. The second kappa shape index (κ2) is 8.95. The van der Waals surface area contributed by atoms with Crippen LogP contribution < -0.4 is 5.32 Å². The SMILES string of the molecule is CC(NC(=O)CN1CCN(Cc2cn3ccccc3n2)CC1)c1ccccc1Cl. The van der Waals surface area contributed by atoms with Gasteiger partial charge >= 0.3 is 0 Å². The summed E-state index contributed by atoms with van der Waals surface area (Å²) in [5.74, 6) is 0.0335. The molecule has 0 saturated carbocycles. The van der Waals surface area contributed by atoms with Crippen LogP contribution in [0, 0.1) is 0 Å². The maximum atomic E-state index is 12.5. The molecular weight excluding hydrogens is 386 g/mol. The third-order valence-electron chi connectivity index (χ3n) is 5.38. The number of pyridine rings is 1. The van der Waals surface area contributed by atoms with Gasteiger partial charge in [-0.1, -0.05) is 35.9 Å². The highest BCUT2D eigenvalue weighted by Gasteiger charge is 2.21. The molecule has 7 heteroatoms. The molecule has 2 aromatic heterocycles. The summed E-state index contributed by atoms with van der Waals surface area (Å²) in [5.41, 5.74) is 3.00. The van der Waals surface area contributed by atoms with Crippen molar-refractivity contribution in [3.05, 3.63) is 71.1 Å². The smallest absolute Gasteiger partial charge is 0.234 e. The van der Waals surface area contributed by atoms with E-state index in [0.29, 0.717) is 11.6 Å². The number of nitrogens with one attached hydrogen (secondary N) is 1. The van der Waals surface area contributed by atoms with Crippen LogP contribution in [0.25, 0.3) is 5.65 Å². The molecule has 3 aromatic rings. The molecule has 29 heavy (non-hydrogen) atoms. The van der Waals surface area contributed by atoms with Crippen molar-refractivity contribution >= 4 is 23.2 Å². The zero-order valence-corrected chi connectivity index (χ0v) is 17.3. The number of benzene rings is 1. The Balaban J connectivity index is 1.24. The second-order valence-electron chi connectivity index (χ2n) is 7.56. The molecule has 1 aliphatic rings. The van der Waals surface area contributed by atoms with Gasteiger partial charge in [-0.2, -0.15) is 0 Å². The van der Waals surface area contributed by atoms with Crippen molar-refractivity contribution in [3.63, 3.8) is 0 Å². The van der Waals surface area contributed by atoms with Crippen LogP contribution in [0.5, 0.6) is 0 Å². The van der Waals surface area contributed by atoms with Crippen LogP contribution in [0.15, 0.2) is 54.9 Å². The lowest BCUT2D eigenvalue weighted by Crippen LogP contribution is -2.49. The van der Waals surface area contributed by atoms with Gasteiger partial charge in [-0.05, 0) is 30.7 Å². The van der Waals surface area contributed by atoms with Crippen molar-refractivity contribution in [2.24, 2.45) is 0 Å². The number of carbonyl (C=O) groups is 1. The number of halogens is 1. The average Bonchev–Trinajstić information content (AvgIpc) is 3.12. The molecule has 4 rings (SSSR count). The summed E-state index contributed by atoms with van der Waals surface area (Å²) in [5, 5.41) is 3.74. The number of piperazine rings is 1. The molecule has 6 nitrogen and oxygen atoms in total. The van der Waals surface area contributed by atoms with Crippen molar-refractivity contribution in [1.29, 1.82) is 0 Å². The molecule has 1 atom stereocenters. The number of rotatable bonds is 6. The topological polar surface area (TPSA) is 52.9 Å². The van der Waals surface area contributed by atoms with Gasteiger partial charge in [0.2, 0.25) is 5.91 Å². The number of fused-ring (bicyclic) bond motifs is 1. The fraction of sp³-hybridized carbons (Fsp3) is 0.364. The highest BCUT2D eigenvalue weighted by molar-refractivity contribution is 6.31. The Morgan fingerprint density at radius 1 is 1.10 bits per heavy atom. The molecule has 3 heterocycles. The quantitative estimate of drug-likeness (QED) is 0.677. The lowest BCUT2D eigenvalue weighted by molar-refractivity contribution is -0.123. The van der Waals surface area contributed by atoms with E-state index in [9.17, 15) is 4.79 Å². The van der Waals surface area contributed by atoms with Gasteiger partial charge in [-0.3, -0.25) is 14.6 Å². The molecule has 1 aromatic carbocycles. The van der Waals surface area contributed by atoms with Crippen molar-refractivity contribution in [3.8, 4) is 0 Å². The third kappa shape index (κ3) is 4.96. The summed E-state index contributed by atoms with van der Waals surface area (Å²) < 4.78 is 2.05. The first-order valence-corrected chi connectivity index (χ1v) is 10.4. The van der Waals surface area contributed by atoms with Crippen molar-refractivity contribution in [1.82, 2.24) is 24.5 Å². The van der Waals surface area contributed by atoms with Crippen LogP contribution in [0.3, 0.4) is 0 Å². The maximum absolute atomic E-state index is 12.5. The van der Waals surface area contributed by atoms with Crippen LogP contribution in [0.2, 0.25) is 5.02 Å². The molecule has 1 amide bonds. The number of carbonyl (C=O) groups excluding carboxylic acids is 1. The first-order valence-electron chi connectivity index (χ1n) is 9.99. The number of hydrogen-bond donors (Lipinski definition) is 1. The monoisotopic (exact) mass is 411 g/mol. The molecule has 1 saturated heterocycles. The Labute approximate surface area is 176 Å². The van der Waals surface area contributed by atoms with E-state index in [0.717, 1.165) is 49.6 Å². The van der Waals surface area contributed by atoms with E-state index in [1.165, 1.54) is 0 Å². The standard InChI is InChI=1S/C22H26ClN5O/c1-17(19-6-2-3-7-20(19)23)24-22(29)16-27-12-10-26(11-13-27)14-18-15-28-9-5-4-8-21(28)25-18/h2-9,15,17H,10-14,16H2,1H3,(H,24,29). The van der Waals surface area contributed by atoms with E-state index in [2.05, 4.69) is 30.7 Å². The third-order valence-corrected chi connectivity index (χ3v) is 5.73. The minimum absolute atomic E-state index is 0.0335. The normalized spacial score (nSPS) is 16.8. The van der Waals surface area contributed by atoms with Gasteiger partial charge in [-0.15, -0.1) is 0 Å². The van der Waals surface area contributed by atoms with E-state index in [1.807, 2.05) is 55.6 Å². The first kappa shape index (κ1) is 19.9. The Morgan fingerprint density at radius 3 is 2.59 bits per heavy atom. The number of imidazole rings is 1. The summed E-state index contributed by atoms with van der Waals surface area (Å²) in [6, 6.07) is 13.6. The van der Waals surface area contributed by atoms with Crippen LogP contribution in [0.4, 0.5) is 0 Å². The Bertz CT molecular complexity index is 947. The largest absolute Gasteiger partial charge is 0.348 e. The Hall–Kier alpha value is -2.41. The van der Waals surface area contributed by atoms with Crippen LogP contribution in [0.1, 0.15) is 24.2 Å². The Kier molecular flexibility index (Phi) is 6.13. The first-order chi connectivity index (χ1) is 14.1. The molecule has 0 radical (unpaired) electrons. The van der Waals surface area contributed by atoms with Gasteiger partial charge in [0, 0.05) is 50.1 Å². The van der Waals surface area contributed by atoms with Gasteiger partial charge in [0.25, 0.3) is 0 Å². The highest BCUT2D eigenvalue weighted by atomic mass is 35.5. The molecule has 0 aliphatic carbocycles. The molecule has 0 bridgehead atoms. The zero-order chi connectivity index (χ0) is 20.2. The maximum Gasteiger partial charge on any atom is 0.234 e. The van der Waals surface area contributed by atoms with Crippen molar-refractivity contribution in [2.75, 3.05) is 32.7 Å². The number of aromatic nitrogens is 2. The van der Waals surface area contributed by atoms with Crippen molar-refractivity contribution < 1.29 is 4.79 Å².